The van der Waals surface area contributed by atoms with E-state index in [2.05, 4.69) is 17.0 Å². The van der Waals surface area contributed by atoms with Crippen LogP contribution in [0.1, 0.15) is 26.2 Å². The first kappa shape index (κ1) is 17.7. The lowest BCUT2D eigenvalue weighted by molar-refractivity contribution is 0.131. The lowest BCUT2D eigenvalue weighted by atomic mass is 10.2. The molecule has 21 heavy (non-hydrogen) atoms. The Morgan fingerprint density at radius 1 is 1.24 bits per heavy atom. The molecular formula is C14H25N3O3S. The second-order valence-electron chi connectivity index (χ2n) is 4.71. The van der Waals surface area contributed by atoms with E-state index < -0.39 is 10.0 Å². The van der Waals surface area contributed by atoms with Gasteiger partial charge in [0.2, 0.25) is 10.0 Å². The van der Waals surface area contributed by atoms with Crippen LogP contribution >= 0.6 is 0 Å². The Kier molecular flexibility index (Phi) is 7.49. The third-order valence-corrected chi connectivity index (χ3v) is 4.49. The summed E-state index contributed by atoms with van der Waals surface area (Å²) in [5.41, 5.74) is 6.82. The van der Waals surface area contributed by atoms with Gasteiger partial charge < -0.3 is 15.8 Å². The Morgan fingerprint density at radius 2 is 1.95 bits per heavy atom. The fourth-order valence-electron chi connectivity index (χ4n) is 1.77. The molecule has 0 saturated heterocycles. The zero-order valence-corrected chi connectivity index (χ0v) is 13.5. The normalized spacial score (nSPS) is 11.5. The Labute approximate surface area is 127 Å². The minimum atomic E-state index is -3.51. The number of ether oxygens (including phenoxy) is 1. The van der Waals surface area contributed by atoms with Crippen LogP contribution in [0.4, 0.5) is 11.4 Å². The van der Waals surface area contributed by atoms with Crippen molar-refractivity contribution in [3.05, 3.63) is 18.2 Å². The van der Waals surface area contributed by atoms with E-state index in [1.165, 1.54) is 13.1 Å². The molecule has 4 N–H and O–H groups in total. The van der Waals surface area contributed by atoms with Crippen molar-refractivity contribution >= 4 is 21.4 Å². The molecule has 0 atom stereocenters. The molecule has 120 valence electrons. The highest BCUT2D eigenvalue weighted by Crippen LogP contribution is 2.22. The summed E-state index contributed by atoms with van der Waals surface area (Å²) in [6.45, 7) is 4.41. The summed E-state index contributed by atoms with van der Waals surface area (Å²) < 4.78 is 31.1. The van der Waals surface area contributed by atoms with Crippen molar-refractivity contribution in [1.29, 1.82) is 0 Å². The van der Waals surface area contributed by atoms with Crippen LogP contribution in [0.5, 0.6) is 0 Å². The van der Waals surface area contributed by atoms with Gasteiger partial charge in [-0.1, -0.05) is 13.3 Å². The van der Waals surface area contributed by atoms with E-state index in [9.17, 15) is 8.42 Å². The molecule has 1 aromatic carbocycles. The Morgan fingerprint density at radius 3 is 2.57 bits per heavy atom. The molecule has 0 aliphatic rings. The topological polar surface area (TPSA) is 93.4 Å². The first-order valence-corrected chi connectivity index (χ1v) is 8.64. The molecule has 0 radical (unpaired) electrons. The average Bonchev–Trinajstić information content (AvgIpc) is 2.46. The Balaban J connectivity index is 2.43. The van der Waals surface area contributed by atoms with Crippen LogP contribution in [0.15, 0.2) is 23.1 Å². The van der Waals surface area contributed by atoms with E-state index in [-0.39, 0.29) is 10.6 Å². The predicted molar refractivity (Wildman–Crippen MR) is 85.9 cm³/mol. The molecule has 0 saturated carbocycles. The molecule has 0 spiro atoms. The number of benzene rings is 1. The molecule has 0 aromatic heterocycles. The summed E-state index contributed by atoms with van der Waals surface area (Å²) >= 11 is 0. The molecule has 0 aliphatic carbocycles. The van der Waals surface area contributed by atoms with Crippen molar-refractivity contribution in [3.8, 4) is 0 Å². The maximum Gasteiger partial charge on any atom is 0.242 e. The first-order valence-electron chi connectivity index (χ1n) is 7.16. The fraction of sp³-hybridized carbons (Fsp3) is 0.571. The molecule has 1 aromatic rings. The van der Waals surface area contributed by atoms with Gasteiger partial charge in [-0.2, -0.15) is 0 Å². The van der Waals surface area contributed by atoms with Gasteiger partial charge in [-0.15, -0.1) is 0 Å². The van der Waals surface area contributed by atoms with E-state index in [4.69, 9.17) is 10.5 Å². The van der Waals surface area contributed by atoms with Crippen LogP contribution in [0.25, 0.3) is 0 Å². The maximum absolute atomic E-state index is 11.7. The van der Waals surface area contributed by atoms with Gasteiger partial charge in [-0.25, -0.2) is 13.1 Å². The minimum Gasteiger partial charge on any atom is -0.398 e. The van der Waals surface area contributed by atoms with E-state index in [1.807, 2.05) is 0 Å². The summed E-state index contributed by atoms with van der Waals surface area (Å²) in [5.74, 6) is 0. The predicted octanol–water partition coefficient (Wildman–Crippen LogP) is 1.80. The number of hydrogen-bond acceptors (Lipinski definition) is 5. The number of hydrogen-bond donors (Lipinski definition) is 3. The quantitative estimate of drug-likeness (QED) is 0.452. The van der Waals surface area contributed by atoms with Crippen LogP contribution in [0.3, 0.4) is 0 Å². The fourth-order valence-corrected chi connectivity index (χ4v) is 2.60. The van der Waals surface area contributed by atoms with Crippen LogP contribution in [-0.2, 0) is 14.8 Å². The molecule has 1 rings (SSSR count). The monoisotopic (exact) mass is 315 g/mol. The van der Waals surface area contributed by atoms with Gasteiger partial charge in [0, 0.05) is 25.4 Å². The number of unbranched alkanes of at least 4 members (excludes halogenated alkanes) is 1. The molecule has 0 unspecified atom stereocenters. The van der Waals surface area contributed by atoms with Crippen molar-refractivity contribution in [2.75, 3.05) is 37.9 Å². The largest absolute Gasteiger partial charge is 0.398 e. The smallest absolute Gasteiger partial charge is 0.242 e. The number of anilines is 2. The van der Waals surface area contributed by atoms with Gasteiger partial charge >= 0.3 is 0 Å². The van der Waals surface area contributed by atoms with E-state index >= 15 is 0 Å². The molecule has 7 heteroatoms. The van der Waals surface area contributed by atoms with Crippen molar-refractivity contribution in [2.45, 2.75) is 31.1 Å². The summed E-state index contributed by atoms with van der Waals surface area (Å²) in [7, 11) is -2.15. The zero-order valence-electron chi connectivity index (χ0n) is 12.7. The number of rotatable bonds is 10. The summed E-state index contributed by atoms with van der Waals surface area (Å²) in [5, 5.41) is 3.20. The molecule has 0 amide bonds. The van der Waals surface area contributed by atoms with Gasteiger partial charge in [0.15, 0.2) is 0 Å². The Hall–Kier alpha value is -1.31. The minimum absolute atomic E-state index is 0.0958. The zero-order chi connectivity index (χ0) is 15.7. The number of nitrogen functional groups attached to an aromatic ring is 1. The first-order chi connectivity index (χ1) is 10.0. The second-order valence-corrected chi connectivity index (χ2v) is 6.56. The Bertz CT molecular complexity index is 532. The third-order valence-electron chi connectivity index (χ3n) is 3.00. The van der Waals surface area contributed by atoms with Crippen LogP contribution in [0, 0.1) is 0 Å². The van der Waals surface area contributed by atoms with E-state index in [0.717, 1.165) is 38.1 Å². The summed E-state index contributed by atoms with van der Waals surface area (Å²) in [4.78, 5) is 0.0958. The highest BCUT2D eigenvalue weighted by atomic mass is 32.2. The van der Waals surface area contributed by atoms with Gasteiger partial charge in [0.05, 0.1) is 5.69 Å². The summed E-state index contributed by atoms with van der Waals surface area (Å²) in [6, 6.07) is 4.84. The standard InChI is InChI=1S/C14H25N3O3S/c1-3-4-9-20-10-5-8-17-12-6-7-14(13(15)11-12)21(18,19)16-2/h6-7,11,16-17H,3-5,8-10,15H2,1-2H3. The molecule has 0 bridgehead atoms. The van der Waals surface area contributed by atoms with E-state index in [1.54, 1.807) is 12.1 Å². The third kappa shape index (κ3) is 5.91. The number of nitrogens with one attached hydrogen (secondary N) is 2. The van der Waals surface area contributed by atoms with Crippen molar-refractivity contribution in [1.82, 2.24) is 4.72 Å². The highest BCUT2D eigenvalue weighted by molar-refractivity contribution is 7.89. The molecule has 6 nitrogen and oxygen atoms in total. The van der Waals surface area contributed by atoms with Crippen molar-refractivity contribution in [3.63, 3.8) is 0 Å². The average molecular weight is 315 g/mol. The van der Waals surface area contributed by atoms with Gasteiger partial charge in [-0.3, -0.25) is 0 Å². The van der Waals surface area contributed by atoms with Crippen LogP contribution < -0.4 is 15.8 Å². The van der Waals surface area contributed by atoms with Crippen molar-refractivity contribution in [2.24, 2.45) is 0 Å². The number of nitrogens with two attached hydrogens (primary N) is 1. The summed E-state index contributed by atoms with van der Waals surface area (Å²) in [6.07, 6.45) is 3.12. The SMILES string of the molecule is CCCCOCCCNc1ccc(S(=O)(=O)NC)c(N)c1. The molecular weight excluding hydrogens is 290 g/mol. The maximum atomic E-state index is 11.7. The van der Waals surface area contributed by atoms with Gasteiger partial charge in [0.25, 0.3) is 0 Å². The van der Waals surface area contributed by atoms with Gasteiger partial charge in [0.1, 0.15) is 4.90 Å². The highest BCUT2D eigenvalue weighted by Gasteiger charge is 2.14. The van der Waals surface area contributed by atoms with E-state index in [0.29, 0.717) is 6.61 Å². The molecule has 0 fully saturated rings. The van der Waals surface area contributed by atoms with Crippen LogP contribution in [-0.4, -0.2) is 35.2 Å². The van der Waals surface area contributed by atoms with Gasteiger partial charge in [-0.05, 0) is 38.1 Å². The molecule has 0 heterocycles. The lowest BCUT2D eigenvalue weighted by Gasteiger charge is -2.10. The molecule has 0 aliphatic heterocycles. The second kappa shape index (κ2) is 8.86. The lowest BCUT2D eigenvalue weighted by Crippen LogP contribution is -2.20. The van der Waals surface area contributed by atoms with Crippen molar-refractivity contribution < 1.29 is 13.2 Å². The number of sulfonamides is 1. The van der Waals surface area contributed by atoms with Crippen LogP contribution in [0.2, 0.25) is 0 Å².